The molecule has 0 fully saturated rings. The van der Waals surface area contributed by atoms with Gasteiger partial charge in [-0.1, -0.05) is 54.5 Å². The number of benzene rings is 2. The Balaban J connectivity index is 1.34. The molecule has 154 valence electrons. The maximum Gasteiger partial charge on any atom is 0.407 e. The second-order valence-electron chi connectivity index (χ2n) is 7.09. The van der Waals surface area contributed by atoms with Crippen LogP contribution in [0.15, 0.2) is 60.8 Å². The maximum atomic E-state index is 12.1. The van der Waals surface area contributed by atoms with E-state index in [9.17, 15) is 14.9 Å². The van der Waals surface area contributed by atoms with E-state index >= 15 is 0 Å². The monoisotopic (exact) mass is 413 g/mol. The number of carbonyl (C=O) groups excluding carboxylic acids is 1. The highest BCUT2D eigenvalue weighted by Crippen LogP contribution is 2.44. The summed E-state index contributed by atoms with van der Waals surface area (Å²) in [5, 5.41) is 13.4. The van der Waals surface area contributed by atoms with Gasteiger partial charge in [0.2, 0.25) is 0 Å². The third-order valence-electron chi connectivity index (χ3n) is 5.16. The van der Waals surface area contributed by atoms with E-state index in [2.05, 4.69) is 46.4 Å². The number of fused-ring (bicyclic) bond motifs is 3. The zero-order valence-corrected chi connectivity index (χ0v) is 16.8. The molecule has 0 unspecified atom stereocenters. The Hall–Kier alpha value is -4.18. The van der Waals surface area contributed by atoms with Crippen molar-refractivity contribution in [3.05, 3.63) is 93.3 Å². The lowest BCUT2D eigenvalue weighted by molar-refractivity contribution is -0.385. The van der Waals surface area contributed by atoms with Gasteiger partial charge in [0.05, 0.1) is 11.5 Å². The molecule has 4 rings (SSSR count). The first-order valence-electron chi connectivity index (χ1n) is 9.73. The normalized spacial score (nSPS) is 11.6. The summed E-state index contributed by atoms with van der Waals surface area (Å²) in [6.07, 6.45) is 0.627. The quantitative estimate of drug-likeness (QED) is 0.393. The predicted molar refractivity (Wildman–Crippen MR) is 116 cm³/mol. The Kier molecular flexibility index (Phi) is 5.63. The van der Waals surface area contributed by atoms with Crippen LogP contribution in [0.4, 0.5) is 10.5 Å². The summed E-state index contributed by atoms with van der Waals surface area (Å²) in [7, 11) is 0. The van der Waals surface area contributed by atoms with Gasteiger partial charge in [-0.05, 0) is 41.2 Å². The summed E-state index contributed by atoms with van der Waals surface area (Å²) in [6.45, 7) is 1.94. The van der Waals surface area contributed by atoms with E-state index in [1.807, 2.05) is 24.3 Å². The minimum absolute atomic E-state index is 0.00322. The number of aromatic nitrogens is 1. The molecule has 0 spiro atoms. The van der Waals surface area contributed by atoms with Crippen molar-refractivity contribution in [3.8, 4) is 23.0 Å². The summed E-state index contributed by atoms with van der Waals surface area (Å²) in [5.41, 5.74) is 5.47. The first-order valence-corrected chi connectivity index (χ1v) is 9.73. The van der Waals surface area contributed by atoms with Gasteiger partial charge < -0.3 is 10.1 Å². The summed E-state index contributed by atoms with van der Waals surface area (Å²) < 4.78 is 5.44. The van der Waals surface area contributed by atoms with Crippen LogP contribution in [0.1, 0.15) is 28.3 Å². The fourth-order valence-electron chi connectivity index (χ4n) is 3.71. The lowest BCUT2D eigenvalue weighted by Crippen LogP contribution is -2.26. The minimum atomic E-state index is -0.552. The zero-order valence-electron chi connectivity index (χ0n) is 16.8. The Bertz CT molecular complexity index is 1180. The molecule has 0 saturated heterocycles. The summed E-state index contributed by atoms with van der Waals surface area (Å²) in [6, 6.07) is 17.8. The number of ether oxygens (including phenoxy) is 1. The first kappa shape index (κ1) is 20.1. The first-order chi connectivity index (χ1) is 15.0. The number of hydrogen-bond acceptors (Lipinski definition) is 5. The third kappa shape index (κ3) is 4.23. The van der Waals surface area contributed by atoms with Crippen molar-refractivity contribution in [2.24, 2.45) is 0 Å². The number of nitrogens with one attached hydrogen (secondary N) is 1. The molecule has 0 aliphatic heterocycles. The van der Waals surface area contributed by atoms with E-state index in [0.29, 0.717) is 11.3 Å². The molecule has 1 amide bonds. The molecular weight excluding hydrogens is 394 g/mol. The van der Waals surface area contributed by atoms with Gasteiger partial charge in [0.15, 0.2) is 0 Å². The van der Waals surface area contributed by atoms with Crippen molar-refractivity contribution in [1.82, 2.24) is 10.3 Å². The number of carbonyl (C=O) groups is 1. The fourth-order valence-corrected chi connectivity index (χ4v) is 3.71. The van der Waals surface area contributed by atoms with Crippen LogP contribution < -0.4 is 5.32 Å². The Morgan fingerprint density at radius 1 is 1.16 bits per heavy atom. The standard InChI is InChI=1S/C24H19N3O4/c1-16-13-17(26-14-23(16)27(29)30)7-6-12-25-24(28)31-15-22-20-10-4-2-8-18(20)19-9-3-5-11-21(19)22/h2-5,8-11,13-14,22H,12,15H2,1H3,(H,25,28). The van der Waals surface area contributed by atoms with Crippen LogP contribution in [0.3, 0.4) is 0 Å². The smallest absolute Gasteiger partial charge is 0.407 e. The Labute approximate surface area is 179 Å². The molecule has 0 atom stereocenters. The van der Waals surface area contributed by atoms with Crippen molar-refractivity contribution in [2.75, 3.05) is 13.2 Å². The van der Waals surface area contributed by atoms with Crippen LogP contribution >= 0.6 is 0 Å². The van der Waals surface area contributed by atoms with E-state index < -0.39 is 11.0 Å². The lowest BCUT2D eigenvalue weighted by Gasteiger charge is -2.14. The Morgan fingerprint density at radius 2 is 1.81 bits per heavy atom. The van der Waals surface area contributed by atoms with Crippen LogP contribution in [0.2, 0.25) is 0 Å². The van der Waals surface area contributed by atoms with Gasteiger partial charge in [-0.15, -0.1) is 0 Å². The van der Waals surface area contributed by atoms with E-state index in [0.717, 1.165) is 11.1 Å². The van der Waals surface area contributed by atoms with Gasteiger partial charge in [-0.25, -0.2) is 9.78 Å². The summed E-state index contributed by atoms with van der Waals surface area (Å²) >= 11 is 0. The zero-order chi connectivity index (χ0) is 21.8. The Morgan fingerprint density at radius 3 is 2.42 bits per heavy atom. The van der Waals surface area contributed by atoms with Gasteiger partial charge in [0, 0.05) is 11.5 Å². The molecule has 1 aromatic heterocycles. The number of nitro groups is 1. The molecule has 0 bridgehead atoms. The highest BCUT2D eigenvalue weighted by Gasteiger charge is 2.28. The second-order valence-corrected chi connectivity index (χ2v) is 7.09. The van der Waals surface area contributed by atoms with Crippen molar-refractivity contribution < 1.29 is 14.5 Å². The van der Waals surface area contributed by atoms with Crippen LogP contribution in [0.5, 0.6) is 0 Å². The van der Waals surface area contributed by atoms with Crippen LogP contribution in [0.25, 0.3) is 11.1 Å². The van der Waals surface area contributed by atoms with Crippen molar-refractivity contribution in [2.45, 2.75) is 12.8 Å². The molecule has 1 aliphatic carbocycles. The minimum Gasteiger partial charge on any atom is -0.449 e. The van der Waals surface area contributed by atoms with Crippen molar-refractivity contribution in [1.29, 1.82) is 0 Å². The molecule has 1 aliphatic rings. The van der Waals surface area contributed by atoms with Gasteiger partial charge in [-0.2, -0.15) is 0 Å². The molecule has 0 radical (unpaired) electrons. The number of hydrogen-bond donors (Lipinski definition) is 1. The summed E-state index contributed by atoms with van der Waals surface area (Å²) in [4.78, 5) is 26.4. The molecule has 31 heavy (non-hydrogen) atoms. The number of pyridine rings is 1. The van der Waals surface area contributed by atoms with Crippen LogP contribution in [-0.2, 0) is 4.74 Å². The van der Waals surface area contributed by atoms with E-state index in [4.69, 9.17) is 4.74 Å². The number of amides is 1. The summed E-state index contributed by atoms with van der Waals surface area (Å²) in [5.74, 6) is 5.55. The van der Waals surface area contributed by atoms with Gasteiger partial charge in [0.25, 0.3) is 5.69 Å². The SMILES string of the molecule is Cc1cc(C#CCNC(=O)OCC2c3ccccc3-c3ccccc32)ncc1[N+](=O)[O-]. The molecule has 1 N–H and O–H groups in total. The van der Waals surface area contributed by atoms with Gasteiger partial charge >= 0.3 is 6.09 Å². The molecule has 1 heterocycles. The second kappa shape index (κ2) is 8.67. The lowest BCUT2D eigenvalue weighted by atomic mass is 9.98. The average Bonchev–Trinajstić information content (AvgIpc) is 3.09. The van der Waals surface area contributed by atoms with E-state index in [1.54, 1.807) is 13.0 Å². The van der Waals surface area contributed by atoms with Gasteiger partial charge in [-0.3, -0.25) is 10.1 Å². The van der Waals surface area contributed by atoms with Crippen LogP contribution in [-0.4, -0.2) is 29.2 Å². The maximum absolute atomic E-state index is 12.1. The predicted octanol–water partition coefficient (Wildman–Crippen LogP) is 4.19. The molecule has 7 nitrogen and oxygen atoms in total. The molecule has 2 aromatic carbocycles. The highest BCUT2D eigenvalue weighted by molar-refractivity contribution is 5.79. The van der Waals surface area contributed by atoms with E-state index in [-0.39, 0.29) is 24.8 Å². The largest absolute Gasteiger partial charge is 0.449 e. The molecular formula is C24H19N3O4. The molecule has 7 heteroatoms. The van der Waals surface area contributed by atoms with Crippen molar-refractivity contribution >= 4 is 11.8 Å². The topological polar surface area (TPSA) is 94.4 Å². The fraction of sp³-hybridized carbons (Fsp3) is 0.167. The number of aryl methyl sites for hydroxylation is 1. The van der Waals surface area contributed by atoms with Gasteiger partial charge in [0.1, 0.15) is 18.5 Å². The van der Waals surface area contributed by atoms with Crippen LogP contribution in [0, 0.1) is 28.9 Å². The highest BCUT2D eigenvalue weighted by atomic mass is 16.6. The third-order valence-corrected chi connectivity index (χ3v) is 5.16. The molecule has 3 aromatic rings. The van der Waals surface area contributed by atoms with Crippen molar-refractivity contribution in [3.63, 3.8) is 0 Å². The average molecular weight is 413 g/mol. The molecule has 0 saturated carbocycles. The number of nitrogens with zero attached hydrogens (tertiary/aromatic N) is 2. The number of alkyl carbamates (subject to hydrolysis) is 1. The van der Waals surface area contributed by atoms with E-state index in [1.165, 1.54) is 17.3 Å². The number of rotatable bonds is 4.